The van der Waals surface area contributed by atoms with E-state index in [-0.39, 0.29) is 5.41 Å². The highest BCUT2D eigenvalue weighted by Crippen LogP contribution is 2.64. The number of fused-ring (bicyclic) bond motifs is 13. The minimum atomic E-state index is -0.388. The molecule has 0 N–H and O–H groups in total. The Kier molecular flexibility index (Phi) is 5.83. The second kappa shape index (κ2) is 10.3. The zero-order valence-corrected chi connectivity index (χ0v) is 26.8. The molecule has 8 aromatic carbocycles. The van der Waals surface area contributed by atoms with Gasteiger partial charge >= 0.3 is 0 Å². The molecule has 0 saturated heterocycles. The average Bonchev–Trinajstić information content (AvgIpc) is 3.62. The summed E-state index contributed by atoms with van der Waals surface area (Å²) < 4.78 is 0. The quantitative estimate of drug-likeness (QED) is 0.191. The van der Waals surface area contributed by atoms with Crippen molar-refractivity contribution in [3.05, 3.63) is 198 Å². The fourth-order valence-corrected chi connectivity index (χ4v) is 8.68. The number of hydrogen-bond acceptors (Lipinski definition) is 1. The highest BCUT2D eigenvalue weighted by atomic mass is 15.1. The van der Waals surface area contributed by atoms with Crippen molar-refractivity contribution in [2.45, 2.75) is 18.8 Å². The van der Waals surface area contributed by atoms with E-state index in [9.17, 15) is 0 Å². The van der Waals surface area contributed by atoms with Gasteiger partial charge in [-0.1, -0.05) is 128 Å². The molecule has 2 aliphatic carbocycles. The Morgan fingerprint density at radius 3 is 1.79 bits per heavy atom. The third kappa shape index (κ3) is 3.67. The number of benzene rings is 8. The highest BCUT2D eigenvalue weighted by molar-refractivity contribution is 6.08. The van der Waals surface area contributed by atoms with Gasteiger partial charge in [-0.05, 0) is 127 Å². The number of aryl methyl sites for hydroxylation is 1. The van der Waals surface area contributed by atoms with Crippen LogP contribution in [0.2, 0.25) is 0 Å². The molecule has 48 heavy (non-hydrogen) atoms. The molecule has 1 spiro atoms. The summed E-state index contributed by atoms with van der Waals surface area (Å²) in [5.74, 6) is 0. The summed E-state index contributed by atoms with van der Waals surface area (Å²) in [6, 6.07) is 63.4. The molecule has 226 valence electrons. The summed E-state index contributed by atoms with van der Waals surface area (Å²) in [4.78, 5) is 2.38. The van der Waals surface area contributed by atoms with Crippen molar-refractivity contribution in [1.82, 2.24) is 0 Å². The lowest BCUT2D eigenvalue weighted by atomic mass is 9.70. The average molecular weight is 612 g/mol. The number of nitrogens with zero attached hydrogens (tertiary/aromatic N) is 1. The highest BCUT2D eigenvalue weighted by Gasteiger charge is 2.52. The summed E-state index contributed by atoms with van der Waals surface area (Å²) in [5, 5.41) is 5.09. The van der Waals surface area contributed by atoms with E-state index in [2.05, 4.69) is 182 Å². The molecule has 0 atom stereocenters. The van der Waals surface area contributed by atoms with Crippen molar-refractivity contribution in [2.24, 2.45) is 0 Å². The Morgan fingerprint density at radius 1 is 0.417 bits per heavy atom. The molecule has 0 bridgehead atoms. The van der Waals surface area contributed by atoms with Gasteiger partial charge in [-0.15, -0.1) is 0 Å². The maximum atomic E-state index is 2.51. The predicted molar refractivity (Wildman–Crippen MR) is 202 cm³/mol. The van der Waals surface area contributed by atoms with E-state index in [0.29, 0.717) is 0 Å². The number of para-hydroxylation sites is 1. The second-order valence-electron chi connectivity index (χ2n) is 13.2. The maximum Gasteiger partial charge on any atom is 0.0725 e. The van der Waals surface area contributed by atoms with Gasteiger partial charge in [0.25, 0.3) is 0 Å². The zero-order valence-electron chi connectivity index (χ0n) is 26.8. The topological polar surface area (TPSA) is 3.24 Å². The molecule has 0 fully saturated rings. The van der Waals surface area contributed by atoms with Crippen LogP contribution >= 0.6 is 0 Å². The molecular weight excluding hydrogens is 579 g/mol. The van der Waals surface area contributed by atoms with Gasteiger partial charge in [-0.2, -0.15) is 0 Å². The third-order valence-corrected chi connectivity index (χ3v) is 10.8. The molecule has 0 heterocycles. The fourth-order valence-electron chi connectivity index (χ4n) is 8.68. The summed E-state index contributed by atoms with van der Waals surface area (Å²) in [7, 11) is 0. The van der Waals surface area contributed by atoms with Crippen molar-refractivity contribution in [3.63, 3.8) is 0 Å². The van der Waals surface area contributed by atoms with Crippen LogP contribution in [0.1, 0.15) is 34.7 Å². The fraction of sp³-hybridized carbons (Fsp3) is 0.0638. The third-order valence-electron chi connectivity index (χ3n) is 10.8. The first kappa shape index (κ1) is 27.2. The molecule has 10 rings (SSSR count). The molecule has 1 nitrogen and oxygen atoms in total. The molecule has 1 heteroatoms. The lowest BCUT2D eigenvalue weighted by Crippen LogP contribution is -2.25. The summed E-state index contributed by atoms with van der Waals surface area (Å²) in [6.45, 7) is 2.21. The molecule has 2 aliphatic rings. The van der Waals surface area contributed by atoms with Crippen LogP contribution in [-0.2, 0) is 11.8 Å². The summed E-state index contributed by atoms with van der Waals surface area (Å²) >= 11 is 0. The van der Waals surface area contributed by atoms with Crippen LogP contribution in [0.15, 0.2) is 170 Å². The first-order valence-electron chi connectivity index (χ1n) is 17.0. The zero-order chi connectivity index (χ0) is 31.8. The first-order valence-corrected chi connectivity index (χ1v) is 17.0. The van der Waals surface area contributed by atoms with Crippen LogP contribution in [0, 0.1) is 0 Å². The number of rotatable bonds is 4. The van der Waals surface area contributed by atoms with Crippen LogP contribution < -0.4 is 4.90 Å². The molecular formula is C47H33N. The van der Waals surface area contributed by atoms with E-state index in [1.165, 1.54) is 71.6 Å². The Labute approximate surface area is 281 Å². The van der Waals surface area contributed by atoms with E-state index in [0.717, 1.165) is 23.5 Å². The van der Waals surface area contributed by atoms with Gasteiger partial charge in [0.05, 0.1) is 5.41 Å². The van der Waals surface area contributed by atoms with Gasteiger partial charge in [0, 0.05) is 17.1 Å². The normalized spacial score (nSPS) is 13.4. The van der Waals surface area contributed by atoms with Crippen LogP contribution in [0.3, 0.4) is 0 Å². The smallest absolute Gasteiger partial charge is 0.0725 e. The van der Waals surface area contributed by atoms with E-state index < -0.39 is 0 Å². The Hall–Kier alpha value is -5.92. The van der Waals surface area contributed by atoms with Crippen molar-refractivity contribution in [2.75, 3.05) is 4.90 Å². The standard InChI is InChI=1S/C47H33N/c1-2-31-20-24-36(25-21-31)48(35-13-4-3-5-14-35)37-26-22-33-29-41-45(30-34(33)28-37)47(44-27-23-32-12-6-7-15-38(32)46(41)44)42-18-10-8-16-39(42)40-17-9-11-19-43(40)47/h3-30H,2H2,1H3. The lowest BCUT2D eigenvalue weighted by Gasteiger charge is -2.31. The second-order valence-corrected chi connectivity index (χ2v) is 13.2. The predicted octanol–water partition coefficient (Wildman–Crippen LogP) is 12.4. The lowest BCUT2D eigenvalue weighted by molar-refractivity contribution is 0.795. The minimum Gasteiger partial charge on any atom is -0.310 e. The van der Waals surface area contributed by atoms with E-state index >= 15 is 0 Å². The molecule has 0 amide bonds. The van der Waals surface area contributed by atoms with Crippen molar-refractivity contribution in [3.8, 4) is 22.3 Å². The van der Waals surface area contributed by atoms with Crippen LogP contribution in [-0.4, -0.2) is 0 Å². The number of hydrogen-bond donors (Lipinski definition) is 0. The van der Waals surface area contributed by atoms with Crippen molar-refractivity contribution < 1.29 is 0 Å². The monoisotopic (exact) mass is 611 g/mol. The van der Waals surface area contributed by atoms with Crippen molar-refractivity contribution in [1.29, 1.82) is 0 Å². The first-order chi connectivity index (χ1) is 23.8. The van der Waals surface area contributed by atoms with Gasteiger partial charge in [0.2, 0.25) is 0 Å². The molecule has 0 radical (unpaired) electrons. The van der Waals surface area contributed by atoms with Crippen LogP contribution in [0.4, 0.5) is 17.1 Å². The van der Waals surface area contributed by atoms with Crippen molar-refractivity contribution >= 4 is 38.6 Å². The summed E-state index contributed by atoms with van der Waals surface area (Å²) in [5.41, 5.74) is 15.3. The number of anilines is 3. The van der Waals surface area contributed by atoms with Gasteiger partial charge in [-0.25, -0.2) is 0 Å². The molecule has 0 aromatic heterocycles. The SMILES string of the molecule is CCc1ccc(N(c2ccccc2)c2ccc3cc4c(cc3c2)C2(c3ccccc3-c3ccccc32)c2ccc3ccccc3c2-4)cc1. The molecule has 8 aromatic rings. The van der Waals surface area contributed by atoms with E-state index in [4.69, 9.17) is 0 Å². The molecule has 0 unspecified atom stereocenters. The summed E-state index contributed by atoms with van der Waals surface area (Å²) in [6.07, 6.45) is 1.03. The Morgan fingerprint density at radius 2 is 1.04 bits per heavy atom. The van der Waals surface area contributed by atoms with Gasteiger partial charge in [0.15, 0.2) is 0 Å². The van der Waals surface area contributed by atoms with Crippen LogP contribution in [0.25, 0.3) is 43.8 Å². The Bertz CT molecular complexity index is 2500. The largest absolute Gasteiger partial charge is 0.310 e. The van der Waals surface area contributed by atoms with E-state index in [1.807, 2.05) is 0 Å². The minimum absolute atomic E-state index is 0.388. The van der Waals surface area contributed by atoms with Gasteiger partial charge < -0.3 is 4.90 Å². The maximum absolute atomic E-state index is 2.51. The van der Waals surface area contributed by atoms with Crippen LogP contribution in [0.5, 0.6) is 0 Å². The van der Waals surface area contributed by atoms with E-state index in [1.54, 1.807) is 0 Å². The van der Waals surface area contributed by atoms with Gasteiger partial charge in [-0.3, -0.25) is 0 Å². The molecule has 0 saturated carbocycles. The molecule has 0 aliphatic heterocycles. The Balaban J connectivity index is 1.27. The van der Waals surface area contributed by atoms with Gasteiger partial charge in [0.1, 0.15) is 0 Å².